The number of alkyl halides is 2. The highest BCUT2D eigenvalue weighted by Gasteiger charge is 2.14. The van der Waals surface area contributed by atoms with Crippen molar-refractivity contribution in [3.05, 3.63) is 65.9 Å². The van der Waals surface area contributed by atoms with Crippen LogP contribution in [0.25, 0.3) is 17.0 Å². The van der Waals surface area contributed by atoms with E-state index in [4.69, 9.17) is 4.74 Å². The molecule has 1 amide bonds. The smallest absolute Gasteiger partial charge is 0.387 e. The van der Waals surface area contributed by atoms with Crippen molar-refractivity contribution in [1.29, 1.82) is 0 Å². The largest absolute Gasteiger partial charge is 0.493 e. The number of halogens is 2. The lowest BCUT2D eigenvalue weighted by molar-refractivity contribution is -0.116. The number of aromatic amines is 1. The van der Waals surface area contributed by atoms with Gasteiger partial charge in [-0.25, -0.2) is 0 Å². The fourth-order valence-corrected chi connectivity index (χ4v) is 3.09. The molecule has 0 fully saturated rings. The van der Waals surface area contributed by atoms with Gasteiger partial charge in [0.2, 0.25) is 5.91 Å². The number of carbonyl (C=O) groups excluding carboxylic acids is 1. The first-order valence-electron chi connectivity index (χ1n) is 9.21. The Labute approximate surface area is 167 Å². The van der Waals surface area contributed by atoms with Crippen LogP contribution in [0.1, 0.15) is 17.5 Å². The first-order chi connectivity index (χ1) is 14.1. The number of aromatic nitrogens is 1. The molecule has 1 heterocycles. The molecule has 0 radical (unpaired) electrons. The van der Waals surface area contributed by atoms with Crippen molar-refractivity contribution < 1.29 is 23.0 Å². The summed E-state index contributed by atoms with van der Waals surface area (Å²) in [6, 6.07) is 12.8. The Bertz CT molecular complexity index is 999. The molecule has 152 valence electrons. The monoisotopic (exact) mass is 400 g/mol. The number of amides is 1. The van der Waals surface area contributed by atoms with E-state index in [-0.39, 0.29) is 17.4 Å². The van der Waals surface area contributed by atoms with E-state index in [1.165, 1.54) is 36.3 Å². The van der Waals surface area contributed by atoms with Gasteiger partial charge in [-0.1, -0.05) is 30.3 Å². The number of H-pyrrole nitrogens is 1. The number of benzene rings is 2. The minimum Gasteiger partial charge on any atom is -0.493 e. The zero-order valence-corrected chi connectivity index (χ0v) is 16.0. The predicted molar refractivity (Wildman–Crippen MR) is 108 cm³/mol. The van der Waals surface area contributed by atoms with Gasteiger partial charge in [-0.05, 0) is 36.6 Å². The number of hydrogen-bond donors (Lipinski definition) is 2. The van der Waals surface area contributed by atoms with E-state index in [0.29, 0.717) is 12.1 Å². The zero-order valence-electron chi connectivity index (χ0n) is 16.0. The van der Waals surface area contributed by atoms with Gasteiger partial charge in [0.1, 0.15) is 0 Å². The molecule has 0 aliphatic carbocycles. The molecule has 7 heteroatoms. The number of nitrogens with one attached hydrogen (secondary N) is 2. The van der Waals surface area contributed by atoms with Crippen molar-refractivity contribution in [2.75, 3.05) is 13.7 Å². The number of fused-ring (bicyclic) bond motifs is 1. The quantitative estimate of drug-likeness (QED) is 0.409. The Morgan fingerprint density at radius 1 is 1.21 bits per heavy atom. The Hall–Kier alpha value is -3.35. The van der Waals surface area contributed by atoms with Gasteiger partial charge in [0.25, 0.3) is 0 Å². The zero-order chi connectivity index (χ0) is 20.6. The molecule has 0 bridgehead atoms. The third-order valence-electron chi connectivity index (χ3n) is 4.45. The first kappa shape index (κ1) is 20.4. The molecular formula is C22H22F2N2O3. The van der Waals surface area contributed by atoms with Crippen LogP contribution in [0.2, 0.25) is 0 Å². The summed E-state index contributed by atoms with van der Waals surface area (Å²) in [6.45, 7) is -2.49. The lowest BCUT2D eigenvalue weighted by Gasteiger charge is -2.12. The van der Waals surface area contributed by atoms with E-state index in [0.717, 1.165) is 18.4 Å². The molecule has 0 aliphatic rings. The summed E-state index contributed by atoms with van der Waals surface area (Å²) in [5.74, 6) is -0.241. The average molecular weight is 400 g/mol. The van der Waals surface area contributed by atoms with Crippen molar-refractivity contribution in [3.63, 3.8) is 0 Å². The van der Waals surface area contributed by atoms with Crippen LogP contribution in [0.4, 0.5) is 8.78 Å². The number of hydrogen-bond acceptors (Lipinski definition) is 3. The standard InChI is InChI=1S/C22H22F2N2O3/c1-28-19-10-4-6-15(21(19)29-22(23)24)11-12-20(27)25-13-5-7-16-14-26-18-9-3-2-8-17(16)18/h2-4,6,8-12,14,22,26H,5,7,13H2,1H3,(H,25,27). The fourth-order valence-electron chi connectivity index (χ4n) is 3.09. The van der Waals surface area contributed by atoms with Gasteiger partial charge in [-0.2, -0.15) is 8.78 Å². The maximum Gasteiger partial charge on any atom is 0.387 e. The second kappa shape index (κ2) is 9.73. The van der Waals surface area contributed by atoms with E-state index < -0.39 is 6.61 Å². The lowest BCUT2D eigenvalue weighted by atomic mass is 10.1. The van der Waals surface area contributed by atoms with E-state index in [2.05, 4.69) is 21.1 Å². The molecular weight excluding hydrogens is 378 g/mol. The highest BCUT2D eigenvalue weighted by molar-refractivity contribution is 5.92. The van der Waals surface area contributed by atoms with Crippen molar-refractivity contribution in [2.45, 2.75) is 19.5 Å². The summed E-state index contributed by atoms with van der Waals surface area (Å²) < 4.78 is 34.9. The van der Waals surface area contributed by atoms with Gasteiger partial charge < -0.3 is 19.8 Å². The van der Waals surface area contributed by atoms with Gasteiger partial charge in [0.15, 0.2) is 11.5 Å². The van der Waals surface area contributed by atoms with Gasteiger partial charge in [-0.15, -0.1) is 0 Å². The van der Waals surface area contributed by atoms with Crippen molar-refractivity contribution in [3.8, 4) is 11.5 Å². The second-order valence-corrected chi connectivity index (χ2v) is 6.34. The third-order valence-corrected chi connectivity index (χ3v) is 4.45. The number of carbonyl (C=O) groups is 1. The van der Waals surface area contributed by atoms with E-state index in [1.807, 2.05) is 24.4 Å². The van der Waals surface area contributed by atoms with E-state index >= 15 is 0 Å². The lowest BCUT2D eigenvalue weighted by Crippen LogP contribution is -2.22. The minimum atomic E-state index is -2.99. The van der Waals surface area contributed by atoms with Crippen LogP contribution in [-0.4, -0.2) is 31.2 Å². The summed E-state index contributed by atoms with van der Waals surface area (Å²) in [4.78, 5) is 15.3. The van der Waals surface area contributed by atoms with Gasteiger partial charge in [0, 0.05) is 35.3 Å². The maximum atomic E-state index is 12.7. The van der Waals surface area contributed by atoms with Crippen molar-refractivity contribution in [1.82, 2.24) is 10.3 Å². The molecule has 0 spiro atoms. The van der Waals surface area contributed by atoms with Crippen molar-refractivity contribution >= 4 is 22.9 Å². The highest BCUT2D eigenvalue weighted by Crippen LogP contribution is 2.33. The molecule has 0 aliphatic heterocycles. The molecule has 2 aromatic carbocycles. The normalized spacial score (nSPS) is 11.3. The van der Waals surface area contributed by atoms with Crippen LogP contribution in [0.15, 0.2) is 54.7 Å². The molecule has 1 aromatic heterocycles. The molecule has 0 saturated heterocycles. The number of para-hydroxylation sites is 2. The Morgan fingerprint density at radius 3 is 2.83 bits per heavy atom. The molecule has 5 nitrogen and oxygen atoms in total. The van der Waals surface area contributed by atoms with E-state index in [9.17, 15) is 13.6 Å². The first-order valence-corrected chi connectivity index (χ1v) is 9.21. The predicted octanol–water partition coefficient (Wildman–Crippen LogP) is 4.54. The van der Waals surface area contributed by atoms with Gasteiger partial charge in [0.05, 0.1) is 7.11 Å². The third kappa shape index (κ3) is 5.34. The number of methoxy groups -OCH3 is 1. The molecule has 0 saturated carbocycles. The molecule has 0 atom stereocenters. The van der Waals surface area contributed by atoms with Crippen LogP contribution < -0.4 is 14.8 Å². The fraction of sp³-hybridized carbons (Fsp3) is 0.227. The molecule has 2 N–H and O–H groups in total. The Kier molecular flexibility index (Phi) is 6.84. The number of ether oxygens (including phenoxy) is 2. The van der Waals surface area contributed by atoms with Crippen LogP contribution in [0.3, 0.4) is 0 Å². The summed E-state index contributed by atoms with van der Waals surface area (Å²) in [5, 5.41) is 3.98. The molecule has 29 heavy (non-hydrogen) atoms. The summed E-state index contributed by atoms with van der Waals surface area (Å²) in [6.07, 6.45) is 6.31. The molecule has 3 aromatic rings. The topological polar surface area (TPSA) is 63.3 Å². The summed E-state index contributed by atoms with van der Waals surface area (Å²) in [7, 11) is 1.36. The van der Waals surface area contributed by atoms with E-state index in [1.54, 1.807) is 12.1 Å². The van der Waals surface area contributed by atoms with Crippen LogP contribution in [-0.2, 0) is 11.2 Å². The SMILES string of the molecule is COc1cccc(C=CC(=O)NCCCc2c[nH]c3ccccc23)c1OC(F)F. The average Bonchev–Trinajstić information content (AvgIpc) is 3.13. The number of aryl methyl sites for hydroxylation is 1. The van der Waals surface area contributed by atoms with Gasteiger partial charge >= 0.3 is 6.61 Å². The maximum absolute atomic E-state index is 12.7. The summed E-state index contributed by atoms with van der Waals surface area (Å²) >= 11 is 0. The second-order valence-electron chi connectivity index (χ2n) is 6.34. The Morgan fingerprint density at radius 2 is 2.03 bits per heavy atom. The summed E-state index contributed by atoms with van der Waals surface area (Å²) in [5.41, 5.74) is 2.63. The Balaban J connectivity index is 1.53. The molecule has 3 rings (SSSR count). The van der Waals surface area contributed by atoms with Crippen LogP contribution in [0.5, 0.6) is 11.5 Å². The molecule has 0 unspecified atom stereocenters. The number of rotatable bonds is 9. The van der Waals surface area contributed by atoms with Crippen molar-refractivity contribution in [2.24, 2.45) is 0 Å². The highest BCUT2D eigenvalue weighted by atomic mass is 19.3. The van der Waals surface area contributed by atoms with Gasteiger partial charge in [-0.3, -0.25) is 4.79 Å². The van der Waals surface area contributed by atoms with Crippen LogP contribution >= 0.6 is 0 Å². The minimum absolute atomic E-state index is 0.103. The van der Waals surface area contributed by atoms with Crippen LogP contribution in [0, 0.1) is 0 Å².